The molecule has 0 radical (unpaired) electrons. The Kier molecular flexibility index (Phi) is 6.18. The largest absolute Gasteiger partial charge is 0.417 e. The van der Waals surface area contributed by atoms with Gasteiger partial charge in [-0.2, -0.15) is 13.2 Å². The zero-order valence-electron chi connectivity index (χ0n) is 15.3. The number of hydrogen-bond acceptors (Lipinski definition) is 7. The molecule has 11 heteroatoms. The van der Waals surface area contributed by atoms with Gasteiger partial charge in [-0.05, 0) is 25.1 Å². The molecule has 1 amide bonds. The maximum absolute atomic E-state index is 12.7. The Labute approximate surface area is 164 Å². The number of pyridine rings is 2. The zero-order valence-corrected chi connectivity index (χ0v) is 15.3. The Bertz CT molecular complexity index is 860. The summed E-state index contributed by atoms with van der Waals surface area (Å²) >= 11 is 0. The SMILES string of the molecule is NC(=O)c1cnc(Nc2ccc(C(F)(F)F)cn2)cc1N[C@@H]1CCNC[C@@H]1CO. The molecule has 0 aromatic carbocycles. The average molecular weight is 410 g/mol. The number of rotatable bonds is 6. The predicted molar refractivity (Wildman–Crippen MR) is 101 cm³/mol. The third kappa shape index (κ3) is 5.12. The first-order chi connectivity index (χ1) is 13.8. The van der Waals surface area contributed by atoms with E-state index in [2.05, 4.69) is 25.9 Å². The van der Waals surface area contributed by atoms with Crippen LogP contribution in [0.25, 0.3) is 0 Å². The summed E-state index contributed by atoms with van der Waals surface area (Å²) < 4.78 is 38.0. The van der Waals surface area contributed by atoms with Crippen LogP contribution in [0.3, 0.4) is 0 Å². The second-order valence-electron chi connectivity index (χ2n) is 6.72. The Morgan fingerprint density at radius 2 is 2.03 bits per heavy atom. The van der Waals surface area contributed by atoms with E-state index in [1.165, 1.54) is 18.3 Å². The molecule has 6 N–H and O–H groups in total. The van der Waals surface area contributed by atoms with Crippen LogP contribution in [0.4, 0.5) is 30.5 Å². The number of alkyl halides is 3. The lowest BCUT2D eigenvalue weighted by Crippen LogP contribution is -2.45. The van der Waals surface area contributed by atoms with E-state index >= 15 is 0 Å². The van der Waals surface area contributed by atoms with Crippen LogP contribution in [0.1, 0.15) is 22.3 Å². The van der Waals surface area contributed by atoms with Gasteiger partial charge in [0.1, 0.15) is 11.6 Å². The molecule has 0 unspecified atom stereocenters. The predicted octanol–water partition coefficient (Wildman–Crippen LogP) is 1.72. The lowest BCUT2D eigenvalue weighted by Gasteiger charge is -2.32. The van der Waals surface area contributed by atoms with E-state index in [0.29, 0.717) is 12.2 Å². The smallest absolute Gasteiger partial charge is 0.396 e. The van der Waals surface area contributed by atoms with Gasteiger partial charge in [0.15, 0.2) is 0 Å². The molecule has 0 aliphatic carbocycles. The molecule has 0 spiro atoms. The number of halogens is 3. The number of aliphatic hydroxyl groups is 1. The number of nitrogens with zero attached hydrogens (tertiary/aromatic N) is 2. The van der Waals surface area contributed by atoms with Gasteiger partial charge >= 0.3 is 6.18 Å². The van der Waals surface area contributed by atoms with E-state index in [0.717, 1.165) is 25.2 Å². The van der Waals surface area contributed by atoms with E-state index in [1.54, 1.807) is 0 Å². The first kappa shape index (κ1) is 20.8. The number of piperidine rings is 1. The minimum Gasteiger partial charge on any atom is -0.396 e. The number of amides is 1. The summed E-state index contributed by atoms with van der Waals surface area (Å²) in [6, 6.07) is 3.55. The van der Waals surface area contributed by atoms with Crippen molar-refractivity contribution in [3.05, 3.63) is 41.7 Å². The van der Waals surface area contributed by atoms with Crippen molar-refractivity contribution in [2.45, 2.75) is 18.6 Å². The molecule has 156 valence electrons. The maximum atomic E-state index is 12.7. The summed E-state index contributed by atoms with van der Waals surface area (Å²) in [7, 11) is 0. The number of nitrogens with one attached hydrogen (secondary N) is 3. The van der Waals surface area contributed by atoms with Crippen molar-refractivity contribution in [3.8, 4) is 0 Å². The first-order valence-corrected chi connectivity index (χ1v) is 8.96. The minimum absolute atomic E-state index is 0.0256. The molecule has 1 aliphatic rings. The van der Waals surface area contributed by atoms with Gasteiger partial charge < -0.3 is 26.8 Å². The van der Waals surface area contributed by atoms with Crippen LogP contribution in [-0.4, -0.2) is 46.7 Å². The zero-order chi connectivity index (χ0) is 21.0. The molecule has 3 rings (SSSR count). The van der Waals surface area contributed by atoms with Crippen LogP contribution >= 0.6 is 0 Å². The van der Waals surface area contributed by atoms with Crippen molar-refractivity contribution in [2.24, 2.45) is 11.7 Å². The Morgan fingerprint density at radius 3 is 2.66 bits per heavy atom. The van der Waals surface area contributed by atoms with Crippen molar-refractivity contribution in [1.29, 1.82) is 0 Å². The number of hydrogen-bond donors (Lipinski definition) is 5. The van der Waals surface area contributed by atoms with Crippen molar-refractivity contribution >= 4 is 23.2 Å². The van der Waals surface area contributed by atoms with Gasteiger partial charge in [-0.15, -0.1) is 0 Å². The summed E-state index contributed by atoms with van der Waals surface area (Å²) in [5.74, 6) is -0.281. The highest BCUT2D eigenvalue weighted by molar-refractivity contribution is 5.98. The highest BCUT2D eigenvalue weighted by atomic mass is 19.4. The molecular formula is C18H21F3N6O2. The van der Waals surface area contributed by atoms with Crippen molar-refractivity contribution < 1.29 is 23.1 Å². The number of nitrogens with two attached hydrogens (primary N) is 1. The van der Waals surface area contributed by atoms with E-state index in [-0.39, 0.29) is 35.8 Å². The molecule has 1 aliphatic heterocycles. The third-order valence-electron chi connectivity index (χ3n) is 4.70. The molecular weight excluding hydrogens is 389 g/mol. The topological polar surface area (TPSA) is 125 Å². The molecule has 0 bridgehead atoms. The number of aromatic nitrogens is 2. The fraction of sp³-hybridized carbons (Fsp3) is 0.389. The molecule has 0 saturated carbocycles. The van der Waals surface area contributed by atoms with E-state index < -0.39 is 17.6 Å². The van der Waals surface area contributed by atoms with Crippen LogP contribution in [0, 0.1) is 5.92 Å². The Hall–Kier alpha value is -2.92. The summed E-state index contributed by atoms with van der Waals surface area (Å²) in [6.45, 7) is 1.36. The minimum atomic E-state index is -4.47. The van der Waals surface area contributed by atoms with E-state index in [1.807, 2.05) is 0 Å². The van der Waals surface area contributed by atoms with Crippen molar-refractivity contribution in [2.75, 3.05) is 30.3 Å². The standard InChI is InChI=1S/C18H21F3N6O2/c19-18(20,21)11-1-2-15(24-7-11)27-16-5-14(12(8-25-16)17(22)29)26-13-3-4-23-6-10(13)9-28/h1-2,5,7-8,10,13,23,28H,3-4,6,9H2,(H2,22,29)(H2,24,25,26,27)/t10-,13-/m1/s1. The van der Waals surface area contributed by atoms with Crippen LogP contribution in [0.15, 0.2) is 30.6 Å². The van der Waals surface area contributed by atoms with Crippen LogP contribution in [0.2, 0.25) is 0 Å². The van der Waals surface area contributed by atoms with Gasteiger partial charge in [0.25, 0.3) is 5.91 Å². The molecule has 2 atom stereocenters. The molecule has 1 saturated heterocycles. The van der Waals surface area contributed by atoms with Crippen LogP contribution in [0.5, 0.6) is 0 Å². The summed E-state index contributed by atoms with van der Waals surface area (Å²) in [5.41, 5.74) is 5.16. The fourth-order valence-electron chi connectivity index (χ4n) is 3.11. The normalized spacial score (nSPS) is 19.6. The van der Waals surface area contributed by atoms with Gasteiger partial charge in [0, 0.05) is 43.6 Å². The van der Waals surface area contributed by atoms with Gasteiger partial charge in [-0.1, -0.05) is 0 Å². The van der Waals surface area contributed by atoms with Gasteiger partial charge in [-0.25, -0.2) is 9.97 Å². The number of carbonyl (C=O) groups is 1. The van der Waals surface area contributed by atoms with Crippen LogP contribution < -0.4 is 21.7 Å². The third-order valence-corrected chi connectivity index (χ3v) is 4.70. The number of aliphatic hydroxyl groups excluding tert-OH is 1. The highest BCUT2D eigenvalue weighted by Crippen LogP contribution is 2.29. The quantitative estimate of drug-likeness (QED) is 0.491. The number of primary amides is 1. The second kappa shape index (κ2) is 8.62. The lowest BCUT2D eigenvalue weighted by atomic mass is 9.93. The Balaban J connectivity index is 1.81. The average Bonchev–Trinajstić information content (AvgIpc) is 2.68. The van der Waals surface area contributed by atoms with Gasteiger partial charge in [-0.3, -0.25) is 4.79 Å². The van der Waals surface area contributed by atoms with Crippen LogP contribution in [-0.2, 0) is 6.18 Å². The number of carbonyl (C=O) groups excluding carboxylic acids is 1. The van der Waals surface area contributed by atoms with Crippen molar-refractivity contribution in [1.82, 2.24) is 15.3 Å². The molecule has 2 aromatic rings. The Morgan fingerprint density at radius 1 is 1.28 bits per heavy atom. The van der Waals surface area contributed by atoms with Gasteiger partial charge in [0.05, 0.1) is 16.8 Å². The maximum Gasteiger partial charge on any atom is 0.417 e. The molecule has 1 fully saturated rings. The van der Waals surface area contributed by atoms with E-state index in [9.17, 15) is 23.1 Å². The van der Waals surface area contributed by atoms with E-state index in [4.69, 9.17) is 5.73 Å². The monoisotopic (exact) mass is 410 g/mol. The molecule has 3 heterocycles. The number of anilines is 3. The van der Waals surface area contributed by atoms with Gasteiger partial charge in [0.2, 0.25) is 0 Å². The molecule has 8 nitrogen and oxygen atoms in total. The first-order valence-electron chi connectivity index (χ1n) is 8.96. The molecule has 29 heavy (non-hydrogen) atoms. The molecule has 2 aromatic heterocycles. The fourth-order valence-corrected chi connectivity index (χ4v) is 3.11. The second-order valence-corrected chi connectivity index (χ2v) is 6.72. The highest BCUT2D eigenvalue weighted by Gasteiger charge is 2.30. The summed E-state index contributed by atoms with van der Waals surface area (Å²) in [4.78, 5) is 19.6. The lowest BCUT2D eigenvalue weighted by molar-refractivity contribution is -0.137. The van der Waals surface area contributed by atoms with Crippen molar-refractivity contribution in [3.63, 3.8) is 0 Å². The summed E-state index contributed by atoms with van der Waals surface area (Å²) in [5, 5.41) is 18.8. The summed E-state index contributed by atoms with van der Waals surface area (Å²) in [6.07, 6.45) is -1.73.